The van der Waals surface area contributed by atoms with Gasteiger partial charge in [0.05, 0.1) is 6.10 Å². The van der Waals surface area contributed by atoms with E-state index in [2.05, 4.69) is 12.2 Å². The van der Waals surface area contributed by atoms with Crippen LogP contribution in [0.1, 0.15) is 32.6 Å². The molecule has 0 aromatic carbocycles. The van der Waals surface area contributed by atoms with Gasteiger partial charge in [-0.15, -0.1) is 0 Å². The second-order valence-corrected chi connectivity index (χ2v) is 5.44. The number of ether oxygens (including phenoxy) is 2. The normalized spacial score (nSPS) is 32.1. The average molecular weight is 242 g/mol. The molecule has 1 aliphatic heterocycles. The molecule has 1 saturated heterocycles. The zero-order valence-corrected chi connectivity index (χ0v) is 10.9. The molecule has 4 heteroatoms. The zero-order valence-electron chi connectivity index (χ0n) is 10.9. The smallest absolute Gasteiger partial charge is 0.0604 e. The zero-order chi connectivity index (χ0) is 12.1. The molecule has 0 bridgehead atoms. The first-order valence-electron chi connectivity index (χ1n) is 6.91. The second kappa shape index (κ2) is 6.14. The minimum Gasteiger partial charge on any atom is -0.381 e. The van der Waals surface area contributed by atoms with Crippen molar-refractivity contribution in [2.24, 2.45) is 11.1 Å². The van der Waals surface area contributed by atoms with Gasteiger partial charge in [0.15, 0.2) is 0 Å². The Hall–Kier alpha value is -0.160. The van der Waals surface area contributed by atoms with Crippen molar-refractivity contribution < 1.29 is 9.47 Å². The van der Waals surface area contributed by atoms with Gasteiger partial charge in [0.25, 0.3) is 0 Å². The lowest BCUT2D eigenvalue weighted by Crippen LogP contribution is -2.52. The highest BCUT2D eigenvalue weighted by atomic mass is 16.5. The third-order valence-corrected chi connectivity index (χ3v) is 4.25. The Balaban J connectivity index is 1.67. The maximum Gasteiger partial charge on any atom is 0.0604 e. The van der Waals surface area contributed by atoms with E-state index in [1.807, 2.05) is 0 Å². The van der Waals surface area contributed by atoms with Crippen LogP contribution in [0.4, 0.5) is 0 Å². The highest BCUT2D eigenvalue weighted by Crippen LogP contribution is 2.30. The predicted octanol–water partition coefficient (Wildman–Crippen LogP) is 0.899. The molecule has 1 saturated carbocycles. The Bertz CT molecular complexity index is 223. The van der Waals surface area contributed by atoms with Gasteiger partial charge in [0, 0.05) is 32.4 Å². The Morgan fingerprint density at radius 1 is 1.35 bits per heavy atom. The van der Waals surface area contributed by atoms with Gasteiger partial charge in [-0.3, -0.25) is 0 Å². The van der Waals surface area contributed by atoms with Crippen LogP contribution in [0.15, 0.2) is 0 Å². The molecular weight excluding hydrogens is 216 g/mol. The Labute approximate surface area is 104 Å². The summed E-state index contributed by atoms with van der Waals surface area (Å²) < 4.78 is 11.0. The lowest BCUT2D eigenvalue weighted by molar-refractivity contribution is -0.0195. The Morgan fingerprint density at radius 2 is 2.06 bits per heavy atom. The summed E-state index contributed by atoms with van der Waals surface area (Å²) in [4.78, 5) is 0. The van der Waals surface area contributed by atoms with E-state index in [4.69, 9.17) is 15.2 Å². The molecule has 100 valence electrons. The van der Waals surface area contributed by atoms with E-state index < -0.39 is 0 Å². The molecule has 1 heterocycles. The minimum absolute atomic E-state index is 0.273. The van der Waals surface area contributed by atoms with E-state index in [0.29, 0.717) is 12.1 Å². The predicted molar refractivity (Wildman–Crippen MR) is 68.0 cm³/mol. The molecule has 0 aromatic rings. The molecule has 0 amide bonds. The second-order valence-electron chi connectivity index (χ2n) is 5.44. The maximum absolute atomic E-state index is 5.94. The quantitative estimate of drug-likeness (QED) is 0.726. The topological polar surface area (TPSA) is 56.5 Å². The van der Waals surface area contributed by atoms with Gasteiger partial charge in [-0.25, -0.2) is 0 Å². The number of hydrogen-bond donors (Lipinski definition) is 2. The first-order valence-corrected chi connectivity index (χ1v) is 6.91. The first-order chi connectivity index (χ1) is 8.28. The van der Waals surface area contributed by atoms with Crippen LogP contribution in [-0.2, 0) is 9.47 Å². The summed E-state index contributed by atoms with van der Waals surface area (Å²) in [5.74, 6) is 0. The van der Waals surface area contributed by atoms with E-state index in [9.17, 15) is 0 Å². The van der Waals surface area contributed by atoms with Gasteiger partial charge in [-0.2, -0.15) is 0 Å². The summed E-state index contributed by atoms with van der Waals surface area (Å²) in [6.07, 6.45) is 4.99. The lowest BCUT2D eigenvalue weighted by atomic mass is 9.79. The van der Waals surface area contributed by atoms with Crippen molar-refractivity contribution in [2.75, 3.05) is 32.9 Å². The van der Waals surface area contributed by atoms with Gasteiger partial charge in [0.2, 0.25) is 0 Å². The van der Waals surface area contributed by atoms with Crippen LogP contribution in [0.3, 0.4) is 0 Å². The van der Waals surface area contributed by atoms with Crippen molar-refractivity contribution in [2.45, 2.75) is 44.8 Å². The number of hydrogen-bond acceptors (Lipinski definition) is 4. The summed E-state index contributed by atoms with van der Waals surface area (Å²) in [6, 6.07) is 0.637. The molecule has 2 fully saturated rings. The van der Waals surface area contributed by atoms with Crippen LogP contribution in [0.5, 0.6) is 0 Å². The highest BCUT2D eigenvalue weighted by Gasteiger charge is 2.34. The summed E-state index contributed by atoms with van der Waals surface area (Å²) in [5.41, 5.74) is 6.21. The van der Waals surface area contributed by atoms with Gasteiger partial charge in [0.1, 0.15) is 0 Å². The van der Waals surface area contributed by atoms with Crippen LogP contribution in [0.25, 0.3) is 0 Å². The molecule has 0 aromatic heterocycles. The lowest BCUT2D eigenvalue weighted by Gasteiger charge is -2.41. The molecule has 2 aliphatic rings. The standard InChI is InChI=1S/C13H26N2O2/c1-2-17-12-7-11(8-12)15-10-13(9-14)3-5-16-6-4-13/h11-12,15H,2-10,14H2,1H3. The van der Waals surface area contributed by atoms with E-state index >= 15 is 0 Å². The number of nitrogens with one attached hydrogen (secondary N) is 1. The van der Waals surface area contributed by atoms with Crippen LogP contribution in [0, 0.1) is 5.41 Å². The molecule has 0 spiro atoms. The van der Waals surface area contributed by atoms with Crippen molar-refractivity contribution in [3.05, 3.63) is 0 Å². The fraction of sp³-hybridized carbons (Fsp3) is 1.00. The monoisotopic (exact) mass is 242 g/mol. The van der Waals surface area contributed by atoms with E-state index in [1.54, 1.807) is 0 Å². The largest absolute Gasteiger partial charge is 0.381 e. The first kappa shape index (κ1) is 13.3. The van der Waals surface area contributed by atoms with Gasteiger partial charge < -0.3 is 20.5 Å². The molecule has 3 N–H and O–H groups in total. The highest BCUT2D eigenvalue weighted by molar-refractivity contribution is 4.91. The van der Waals surface area contributed by atoms with E-state index in [1.165, 1.54) is 0 Å². The van der Waals surface area contributed by atoms with Crippen molar-refractivity contribution in [1.82, 2.24) is 5.32 Å². The number of rotatable bonds is 6. The number of nitrogens with two attached hydrogens (primary N) is 1. The van der Waals surface area contributed by atoms with Crippen LogP contribution in [0.2, 0.25) is 0 Å². The van der Waals surface area contributed by atoms with Crippen molar-refractivity contribution in [3.8, 4) is 0 Å². The molecule has 1 aliphatic carbocycles. The van der Waals surface area contributed by atoms with Gasteiger partial charge in [-0.1, -0.05) is 0 Å². The molecular formula is C13H26N2O2. The van der Waals surface area contributed by atoms with E-state index in [-0.39, 0.29) is 5.41 Å². The molecule has 17 heavy (non-hydrogen) atoms. The summed E-state index contributed by atoms with van der Waals surface area (Å²) in [6.45, 7) is 6.44. The Kier molecular flexibility index (Phi) is 4.79. The molecule has 0 atom stereocenters. The fourth-order valence-electron chi connectivity index (χ4n) is 2.72. The summed E-state index contributed by atoms with van der Waals surface area (Å²) >= 11 is 0. The third kappa shape index (κ3) is 3.41. The van der Waals surface area contributed by atoms with Crippen LogP contribution < -0.4 is 11.1 Å². The fourth-order valence-corrected chi connectivity index (χ4v) is 2.72. The average Bonchev–Trinajstić information content (AvgIpc) is 2.33. The summed E-state index contributed by atoms with van der Waals surface area (Å²) in [7, 11) is 0. The minimum atomic E-state index is 0.273. The third-order valence-electron chi connectivity index (χ3n) is 4.25. The van der Waals surface area contributed by atoms with Crippen molar-refractivity contribution in [1.29, 1.82) is 0 Å². The molecule has 0 unspecified atom stereocenters. The molecule has 4 nitrogen and oxygen atoms in total. The van der Waals surface area contributed by atoms with Crippen molar-refractivity contribution in [3.63, 3.8) is 0 Å². The van der Waals surface area contributed by atoms with Gasteiger partial charge in [-0.05, 0) is 44.6 Å². The van der Waals surface area contributed by atoms with Gasteiger partial charge >= 0.3 is 0 Å². The maximum atomic E-state index is 5.94. The SMILES string of the molecule is CCOC1CC(NCC2(CN)CCOCC2)C1. The van der Waals surface area contributed by atoms with E-state index in [0.717, 1.165) is 58.6 Å². The van der Waals surface area contributed by atoms with Crippen molar-refractivity contribution >= 4 is 0 Å². The molecule has 0 radical (unpaired) electrons. The Morgan fingerprint density at radius 3 is 2.65 bits per heavy atom. The van der Waals surface area contributed by atoms with Crippen LogP contribution >= 0.6 is 0 Å². The van der Waals surface area contributed by atoms with Crippen LogP contribution in [-0.4, -0.2) is 45.1 Å². The summed E-state index contributed by atoms with van der Waals surface area (Å²) in [5, 5.41) is 3.65. The molecule has 2 rings (SSSR count).